The molecule has 0 aromatic heterocycles. The summed E-state index contributed by atoms with van der Waals surface area (Å²) in [6.07, 6.45) is 0.966. The van der Waals surface area contributed by atoms with E-state index in [0.29, 0.717) is 16.7 Å². The normalized spacial score (nSPS) is 19.3. The molecule has 3 aromatic rings. The molecule has 4 rings (SSSR count). The van der Waals surface area contributed by atoms with E-state index in [1.807, 2.05) is 18.2 Å². The van der Waals surface area contributed by atoms with Crippen LogP contribution in [0.4, 0.5) is 0 Å². The Bertz CT molecular complexity index is 1010. The summed E-state index contributed by atoms with van der Waals surface area (Å²) >= 11 is 0. The molecule has 0 spiro atoms. The van der Waals surface area contributed by atoms with Gasteiger partial charge in [-0.2, -0.15) is 0 Å². The number of benzene rings is 3. The Kier molecular flexibility index (Phi) is 4.39. The van der Waals surface area contributed by atoms with Gasteiger partial charge in [-0.3, -0.25) is 0 Å². The van der Waals surface area contributed by atoms with E-state index >= 15 is 0 Å². The fourth-order valence-electron chi connectivity index (χ4n) is 3.99. The summed E-state index contributed by atoms with van der Waals surface area (Å²) in [6.45, 7) is 0. The molecule has 0 aliphatic heterocycles. The molecule has 26 heavy (non-hydrogen) atoms. The van der Waals surface area contributed by atoms with Crippen LogP contribution >= 0.6 is 0 Å². The van der Waals surface area contributed by atoms with Crippen molar-refractivity contribution in [3.8, 4) is 0 Å². The van der Waals surface area contributed by atoms with Crippen LogP contribution in [0, 0.1) is 0 Å². The first-order valence-electron chi connectivity index (χ1n) is 8.76. The molecule has 3 nitrogen and oxygen atoms in total. The van der Waals surface area contributed by atoms with E-state index in [4.69, 9.17) is 0 Å². The first-order valence-corrected chi connectivity index (χ1v) is 10.2. The Balaban J connectivity index is 1.76. The molecule has 0 bridgehead atoms. The highest BCUT2D eigenvalue weighted by atomic mass is 32.2. The molecule has 0 amide bonds. The highest BCUT2D eigenvalue weighted by molar-refractivity contribution is 7.89. The van der Waals surface area contributed by atoms with Crippen LogP contribution in [0.1, 0.15) is 34.1 Å². The predicted molar refractivity (Wildman–Crippen MR) is 104 cm³/mol. The molecule has 4 heteroatoms. The van der Waals surface area contributed by atoms with Crippen LogP contribution in [-0.2, 0) is 16.4 Å². The van der Waals surface area contributed by atoms with Gasteiger partial charge in [0.1, 0.15) is 0 Å². The van der Waals surface area contributed by atoms with E-state index in [0.717, 1.165) is 6.42 Å². The Hall–Kier alpha value is -2.43. The SMILES string of the molecule is CNS(=O)(=O)c1ccc(C2Cc3ccccc3C2c2ccccc2)cc1. The summed E-state index contributed by atoms with van der Waals surface area (Å²) in [7, 11) is -1.97. The maximum atomic E-state index is 12.0. The van der Waals surface area contributed by atoms with Crippen molar-refractivity contribution in [2.45, 2.75) is 23.2 Å². The third-order valence-corrected chi connectivity index (χ3v) is 6.71. The molecule has 0 saturated carbocycles. The molecule has 1 aliphatic carbocycles. The van der Waals surface area contributed by atoms with Gasteiger partial charge in [0.15, 0.2) is 0 Å². The highest BCUT2D eigenvalue weighted by Crippen LogP contribution is 2.47. The fourth-order valence-corrected chi connectivity index (χ4v) is 4.72. The van der Waals surface area contributed by atoms with Crippen molar-refractivity contribution in [2.75, 3.05) is 7.05 Å². The predicted octanol–water partition coefficient (Wildman–Crippen LogP) is 4.07. The molecule has 2 atom stereocenters. The van der Waals surface area contributed by atoms with Gasteiger partial charge in [-0.1, -0.05) is 66.7 Å². The lowest BCUT2D eigenvalue weighted by molar-refractivity contribution is 0.588. The zero-order valence-corrected chi connectivity index (χ0v) is 15.4. The second-order valence-corrected chi connectivity index (χ2v) is 8.56. The quantitative estimate of drug-likeness (QED) is 0.760. The third kappa shape index (κ3) is 2.96. The number of rotatable bonds is 4. The molecule has 0 heterocycles. The summed E-state index contributed by atoms with van der Waals surface area (Å²) < 4.78 is 26.3. The van der Waals surface area contributed by atoms with E-state index in [1.54, 1.807) is 12.1 Å². The van der Waals surface area contributed by atoms with Crippen molar-refractivity contribution in [3.63, 3.8) is 0 Å². The van der Waals surface area contributed by atoms with Crippen LogP contribution in [0.25, 0.3) is 0 Å². The molecule has 0 saturated heterocycles. The third-order valence-electron chi connectivity index (χ3n) is 5.28. The number of hydrogen-bond acceptors (Lipinski definition) is 2. The van der Waals surface area contributed by atoms with E-state index < -0.39 is 10.0 Å². The molecular formula is C22H21NO2S. The van der Waals surface area contributed by atoms with Gasteiger partial charge in [-0.15, -0.1) is 0 Å². The van der Waals surface area contributed by atoms with Crippen molar-refractivity contribution in [2.24, 2.45) is 0 Å². The van der Waals surface area contributed by atoms with Crippen LogP contribution in [-0.4, -0.2) is 15.5 Å². The summed E-state index contributed by atoms with van der Waals surface area (Å²) in [5.41, 5.74) is 5.22. The van der Waals surface area contributed by atoms with Gasteiger partial charge >= 0.3 is 0 Å². The first kappa shape index (κ1) is 17.0. The summed E-state index contributed by atoms with van der Waals surface area (Å²) in [5.74, 6) is 0.597. The first-order chi connectivity index (χ1) is 12.6. The Morgan fingerprint density at radius 2 is 1.46 bits per heavy atom. The average molecular weight is 363 g/mol. The van der Waals surface area contributed by atoms with Crippen molar-refractivity contribution in [1.82, 2.24) is 4.72 Å². The largest absolute Gasteiger partial charge is 0.240 e. The molecule has 1 aliphatic rings. The van der Waals surface area contributed by atoms with Gasteiger partial charge in [0, 0.05) is 5.92 Å². The van der Waals surface area contributed by atoms with Gasteiger partial charge in [0.2, 0.25) is 10.0 Å². The van der Waals surface area contributed by atoms with Gasteiger partial charge in [-0.25, -0.2) is 13.1 Å². The smallest absolute Gasteiger partial charge is 0.214 e. The highest BCUT2D eigenvalue weighted by Gasteiger charge is 2.34. The number of hydrogen-bond donors (Lipinski definition) is 1. The lowest BCUT2D eigenvalue weighted by Gasteiger charge is -2.22. The zero-order valence-electron chi connectivity index (χ0n) is 14.6. The topological polar surface area (TPSA) is 46.2 Å². The summed E-state index contributed by atoms with van der Waals surface area (Å²) in [5, 5.41) is 0. The minimum atomic E-state index is -3.41. The van der Waals surface area contributed by atoms with Crippen molar-refractivity contribution >= 4 is 10.0 Å². The van der Waals surface area contributed by atoms with Gasteiger partial charge in [-0.05, 0) is 53.8 Å². The Morgan fingerprint density at radius 1 is 0.808 bits per heavy atom. The van der Waals surface area contributed by atoms with Crippen LogP contribution in [0.15, 0.2) is 83.8 Å². The number of nitrogens with one attached hydrogen (secondary N) is 1. The standard InChI is InChI=1S/C22H21NO2S/c1-23-26(24,25)19-13-11-16(12-14-19)21-15-18-9-5-6-10-20(18)22(21)17-7-3-2-4-8-17/h2-14,21-23H,15H2,1H3. The summed E-state index contributed by atoms with van der Waals surface area (Å²) in [4.78, 5) is 0.301. The zero-order chi connectivity index (χ0) is 18.1. The van der Waals surface area contributed by atoms with Gasteiger partial charge in [0.25, 0.3) is 0 Å². The monoisotopic (exact) mass is 363 g/mol. The van der Waals surface area contributed by atoms with Crippen LogP contribution < -0.4 is 4.72 Å². The number of sulfonamides is 1. The van der Waals surface area contributed by atoms with E-state index in [1.165, 1.54) is 29.3 Å². The molecule has 2 unspecified atom stereocenters. The Labute approximate surface area is 154 Å². The maximum absolute atomic E-state index is 12.0. The van der Waals surface area contributed by atoms with Gasteiger partial charge in [0.05, 0.1) is 4.90 Å². The van der Waals surface area contributed by atoms with E-state index in [9.17, 15) is 8.42 Å². The minimum absolute atomic E-state index is 0.291. The van der Waals surface area contributed by atoms with Crippen molar-refractivity contribution in [1.29, 1.82) is 0 Å². The average Bonchev–Trinajstić information content (AvgIpc) is 3.08. The van der Waals surface area contributed by atoms with E-state index in [2.05, 4.69) is 53.3 Å². The lowest BCUT2D eigenvalue weighted by atomic mass is 9.82. The molecular weight excluding hydrogens is 342 g/mol. The fraction of sp³-hybridized carbons (Fsp3) is 0.182. The maximum Gasteiger partial charge on any atom is 0.240 e. The van der Waals surface area contributed by atoms with E-state index in [-0.39, 0.29) is 0 Å². The van der Waals surface area contributed by atoms with Gasteiger partial charge < -0.3 is 0 Å². The minimum Gasteiger partial charge on any atom is -0.214 e. The molecule has 3 aromatic carbocycles. The number of fused-ring (bicyclic) bond motifs is 1. The molecule has 1 N–H and O–H groups in total. The molecule has 132 valence electrons. The Morgan fingerprint density at radius 3 is 2.15 bits per heavy atom. The van der Waals surface area contributed by atoms with Crippen LogP contribution in [0.2, 0.25) is 0 Å². The molecule has 0 fully saturated rings. The van der Waals surface area contributed by atoms with Crippen LogP contribution in [0.5, 0.6) is 0 Å². The molecule has 0 radical (unpaired) electrons. The summed E-state index contributed by atoms with van der Waals surface area (Å²) in [6, 6.07) is 26.5. The van der Waals surface area contributed by atoms with Crippen molar-refractivity contribution in [3.05, 3.63) is 101 Å². The van der Waals surface area contributed by atoms with Crippen molar-refractivity contribution < 1.29 is 8.42 Å². The lowest BCUT2D eigenvalue weighted by Crippen LogP contribution is -2.18. The van der Waals surface area contributed by atoms with Crippen LogP contribution in [0.3, 0.4) is 0 Å². The second-order valence-electron chi connectivity index (χ2n) is 6.67. The second kappa shape index (κ2) is 6.71.